The Bertz CT molecular complexity index is 421. The summed E-state index contributed by atoms with van der Waals surface area (Å²) >= 11 is 0. The molecule has 1 aromatic carbocycles. The molecule has 0 spiro atoms. The average Bonchev–Trinajstić information content (AvgIpc) is 2.43. The summed E-state index contributed by atoms with van der Waals surface area (Å²) in [5.74, 6) is 1.00. The van der Waals surface area contributed by atoms with Gasteiger partial charge in [-0.25, -0.2) is 0 Å². The third-order valence-electron chi connectivity index (χ3n) is 3.17. The molecule has 0 fully saturated rings. The maximum absolute atomic E-state index is 11.1. The second-order valence-corrected chi connectivity index (χ2v) is 4.96. The molecule has 112 valence electrons. The molecule has 1 aromatic rings. The van der Waals surface area contributed by atoms with Crippen molar-refractivity contribution in [3.8, 4) is 5.75 Å². The minimum atomic E-state index is 0.0584. The summed E-state index contributed by atoms with van der Waals surface area (Å²) in [6.45, 7) is 8.66. The van der Waals surface area contributed by atoms with Gasteiger partial charge in [0.2, 0.25) is 5.91 Å². The number of amides is 1. The molecule has 0 aliphatic carbocycles. The van der Waals surface area contributed by atoms with Crippen LogP contribution in [0.15, 0.2) is 12.1 Å². The highest BCUT2D eigenvalue weighted by Crippen LogP contribution is 2.25. The van der Waals surface area contributed by atoms with E-state index >= 15 is 0 Å². The summed E-state index contributed by atoms with van der Waals surface area (Å²) in [6, 6.07) is 4.31. The highest BCUT2D eigenvalue weighted by atomic mass is 16.5. The molecule has 0 bridgehead atoms. The van der Waals surface area contributed by atoms with Gasteiger partial charge < -0.3 is 15.4 Å². The molecule has 0 aromatic heterocycles. The summed E-state index contributed by atoms with van der Waals surface area (Å²) < 4.78 is 5.82. The lowest BCUT2D eigenvalue weighted by atomic mass is 10.1. The Morgan fingerprint density at radius 2 is 1.90 bits per heavy atom. The number of carbonyl (C=O) groups excluding carboxylic acids is 1. The van der Waals surface area contributed by atoms with Gasteiger partial charge in [-0.2, -0.15) is 0 Å². The summed E-state index contributed by atoms with van der Waals surface area (Å²) in [5.41, 5.74) is 3.58. The Morgan fingerprint density at radius 1 is 1.25 bits per heavy atom. The molecule has 4 nitrogen and oxygen atoms in total. The molecular formula is C16H26N2O2. The molecule has 0 atom stereocenters. The van der Waals surface area contributed by atoms with Gasteiger partial charge >= 0.3 is 0 Å². The first-order valence-electron chi connectivity index (χ1n) is 7.22. The van der Waals surface area contributed by atoms with Crippen molar-refractivity contribution in [2.75, 3.05) is 20.2 Å². The second kappa shape index (κ2) is 8.59. The summed E-state index contributed by atoms with van der Waals surface area (Å²) in [6.07, 6.45) is 1.24. The quantitative estimate of drug-likeness (QED) is 0.718. The van der Waals surface area contributed by atoms with Crippen LogP contribution in [-0.2, 0) is 11.3 Å². The van der Waals surface area contributed by atoms with Gasteiger partial charge in [0, 0.05) is 20.0 Å². The van der Waals surface area contributed by atoms with E-state index in [9.17, 15) is 4.79 Å². The number of carbonyl (C=O) groups is 1. The van der Waals surface area contributed by atoms with Crippen molar-refractivity contribution in [2.45, 2.75) is 40.2 Å². The molecule has 0 aliphatic rings. The summed E-state index contributed by atoms with van der Waals surface area (Å²) in [7, 11) is 1.65. The molecule has 0 saturated carbocycles. The van der Waals surface area contributed by atoms with Crippen LogP contribution < -0.4 is 15.4 Å². The van der Waals surface area contributed by atoms with E-state index < -0.39 is 0 Å². The second-order valence-electron chi connectivity index (χ2n) is 4.96. The van der Waals surface area contributed by atoms with Gasteiger partial charge in [0.15, 0.2) is 0 Å². The van der Waals surface area contributed by atoms with Gasteiger partial charge in [0.05, 0.1) is 6.61 Å². The number of hydrogen-bond donors (Lipinski definition) is 2. The number of aryl methyl sites for hydroxylation is 2. The number of rotatable bonds is 8. The minimum absolute atomic E-state index is 0.0584. The molecule has 0 saturated heterocycles. The molecule has 1 amide bonds. The van der Waals surface area contributed by atoms with Crippen LogP contribution in [0, 0.1) is 13.8 Å². The number of benzene rings is 1. The Labute approximate surface area is 121 Å². The Hall–Kier alpha value is -1.55. The molecule has 0 radical (unpaired) electrons. The van der Waals surface area contributed by atoms with Crippen molar-refractivity contribution < 1.29 is 9.53 Å². The van der Waals surface area contributed by atoms with Crippen LogP contribution in [0.1, 0.15) is 36.5 Å². The van der Waals surface area contributed by atoms with Crippen LogP contribution in [0.4, 0.5) is 0 Å². The molecule has 20 heavy (non-hydrogen) atoms. The summed E-state index contributed by atoms with van der Waals surface area (Å²) in [4.78, 5) is 11.1. The van der Waals surface area contributed by atoms with Gasteiger partial charge in [-0.15, -0.1) is 0 Å². The zero-order chi connectivity index (χ0) is 15.0. The van der Waals surface area contributed by atoms with E-state index in [1.54, 1.807) is 7.05 Å². The molecule has 4 heteroatoms. The largest absolute Gasteiger partial charge is 0.493 e. The standard InChI is InChI=1S/C16H26N2O2/c1-5-18-11-14-9-12(2)16(13(3)10-14)20-8-6-7-15(19)17-4/h9-10,18H,5-8,11H2,1-4H3,(H,17,19). The fourth-order valence-corrected chi connectivity index (χ4v) is 2.17. The first kappa shape index (κ1) is 16.5. The first-order chi connectivity index (χ1) is 9.58. The van der Waals surface area contributed by atoms with E-state index in [1.807, 2.05) is 0 Å². The lowest BCUT2D eigenvalue weighted by Crippen LogP contribution is -2.18. The van der Waals surface area contributed by atoms with Crippen LogP contribution in [0.3, 0.4) is 0 Å². The van der Waals surface area contributed by atoms with Gasteiger partial charge in [-0.05, 0) is 43.5 Å². The smallest absolute Gasteiger partial charge is 0.219 e. The van der Waals surface area contributed by atoms with Crippen molar-refractivity contribution in [1.82, 2.24) is 10.6 Å². The van der Waals surface area contributed by atoms with Gasteiger partial charge in [0.25, 0.3) is 0 Å². The molecule has 0 unspecified atom stereocenters. The van der Waals surface area contributed by atoms with Gasteiger partial charge in [0.1, 0.15) is 5.75 Å². The first-order valence-corrected chi connectivity index (χ1v) is 7.22. The van der Waals surface area contributed by atoms with E-state index in [-0.39, 0.29) is 5.91 Å². The maximum Gasteiger partial charge on any atom is 0.219 e. The van der Waals surface area contributed by atoms with Crippen molar-refractivity contribution in [3.63, 3.8) is 0 Å². The van der Waals surface area contributed by atoms with Crippen molar-refractivity contribution in [2.24, 2.45) is 0 Å². The Balaban J connectivity index is 2.55. The minimum Gasteiger partial charge on any atom is -0.493 e. The normalized spacial score (nSPS) is 10.4. The number of nitrogens with one attached hydrogen (secondary N) is 2. The van der Waals surface area contributed by atoms with E-state index in [0.717, 1.165) is 36.4 Å². The lowest BCUT2D eigenvalue weighted by molar-refractivity contribution is -0.120. The predicted octanol–water partition coefficient (Wildman–Crippen LogP) is 2.32. The highest BCUT2D eigenvalue weighted by Gasteiger charge is 2.07. The Kier molecular flexibility index (Phi) is 7.09. The number of hydrogen-bond acceptors (Lipinski definition) is 3. The van der Waals surface area contributed by atoms with E-state index in [1.165, 1.54) is 5.56 Å². The summed E-state index contributed by atoms with van der Waals surface area (Å²) in [5, 5.41) is 5.94. The average molecular weight is 278 g/mol. The van der Waals surface area contributed by atoms with Crippen molar-refractivity contribution >= 4 is 5.91 Å². The highest BCUT2D eigenvalue weighted by molar-refractivity contribution is 5.75. The third-order valence-corrected chi connectivity index (χ3v) is 3.17. The van der Waals surface area contributed by atoms with Crippen LogP contribution in [-0.4, -0.2) is 26.1 Å². The third kappa shape index (κ3) is 5.21. The van der Waals surface area contributed by atoms with Gasteiger partial charge in [-0.3, -0.25) is 4.79 Å². The van der Waals surface area contributed by atoms with Gasteiger partial charge in [-0.1, -0.05) is 19.1 Å². The van der Waals surface area contributed by atoms with Crippen LogP contribution in [0.25, 0.3) is 0 Å². The fraction of sp³-hybridized carbons (Fsp3) is 0.562. The SMILES string of the molecule is CCNCc1cc(C)c(OCCCC(=O)NC)c(C)c1. The molecule has 1 rings (SSSR count). The topological polar surface area (TPSA) is 50.4 Å². The molecule has 0 aliphatic heterocycles. The van der Waals surface area contributed by atoms with Crippen molar-refractivity contribution in [1.29, 1.82) is 0 Å². The molecule has 2 N–H and O–H groups in total. The Morgan fingerprint density at radius 3 is 2.45 bits per heavy atom. The lowest BCUT2D eigenvalue weighted by Gasteiger charge is -2.14. The van der Waals surface area contributed by atoms with Crippen molar-refractivity contribution in [3.05, 3.63) is 28.8 Å². The number of ether oxygens (including phenoxy) is 1. The van der Waals surface area contributed by atoms with Crippen LogP contribution in [0.2, 0.25) is 0 Å². The van der Waals surface area contributed by atoms with E-state index in [2.05, 4.69) is 43.5 Å². The zero-order valence-corrected chi connectivity index (χ0v) is 13.0. The van der Waals surface area contributed by atoms with E-state index in [0.29, 0.717) is 13.0 Å². The molecule has 0 heterocycles. The fourth-order valence-electron chi connectivity index (χ4n) is 2.17. The molecular weight excluding hydrogens is 252 g/mol. The predicted molar refractivity (Wildman–Crippen MR) is 82.1 cm³/mol. The zero-order valence-electron chi connectivity index (χ0n) is 13.0. The van der Waals surface area contributed by atoms with E-state index in [4.69, 9.17) is 4.74 Å². The van der Waals surface area contributed by atoms with Crippen LogP contribution in [0.5, 0.6) is 5.75 Å². The maximum atomic E-state index is 11.1. The monoisotopic (exact) mass is 278 g/mol. The van der Waals surface area contributed by atoms with Crippen LogP contribution >= 0.6 is 0 Å².